The first-order valence-corrected chi connectivity index (χ1v) is 13.9. The molecule has 2 rings (SSSR count). The molecule has 2 aromatic rings. The van der Waals surface area contributed by atoms with Crippen LogP contribution in [-0.2, 0) is 19.1 Å². The van der Waals surface area contributed by atoms with Crippen LogP contribution in [0.3, 0.4) is 0 Å². The van der Waals surface area contributed by atoms with E-state index in [4.69, 9.17) is 18.9 Å². The van der Waals surface area contributed by atoms with E-state index in [0.29, 0.717) is 12.2 Å². The Hall–Kier alpha value is -4.05. The highest BCUT2D eigenvalue weighted by atomic mass is 16.5. The van der Waals surface area contributed by atoms with E-state index < -0.39 is 11.9 Å². The number of esters is 1. The first-order valence-electron chi connectivity index (χ1n) is 13.9. The second kappa shape index (κ2) is 17.6. The average molecular weight is 571 g/mol. The van der Waals surface area contributed by atoms with E-state index in [0.717, 1.165) is 19.3 Å². The van der Waals surface area contributed by atoms with E-state index in [-0.39, 0.29) is 53.3 Å². The Morgan fingerprint density at radius 1 is 0.976 bits per heavy atom. The molecule has 2 N–H and O–H groups in total. The van der Waals surface area contributed by atoms with Gasteiger partial charge in [0.2, 0.25) is 11.7 Å². The fraction of sp³-hybridized carbons (Fsp3) is 0.452. The van der Waals surface area contributed by atoms with Crippen LogP contribution in [0.5, 0.6) is 17.2 Å². The molecule has 0 aliphatic rings. The quantitative estimate of drug-likeness (QED) is 0.144. The number of anilines is 2. The van der Waals surface area contributed by atoms with Crippen LogP contribution in [0.15, 0.2) is 36.4 Å². The normalized spacial score (nSPS) is 10.9. The number of aromatic hydroxyl groups is 1. The minimum Gasteiger partial charge on any atom is -0.502 e. The molecule has 10 heteroatoms. The lowest BCUT2D eigenvalue weighted by Crippen LogP contribution is -2.32. The summed E-state index contributed by atoms with van der Waals surface area (Å²) in [5, 5.41) is 12.8. The van der Waals surface area contributed by atoms with Gasteiger partial charge in [0.05, 0.1) is 32.2 Å². The van der Waals surface area contributed by atoms with Gasteiger partial charge in [-0.25, -0.2) is 4.79 Å². The van der Waals surface area contributed by atoms with Crippen LogP contribution in [0.25, 0.3) is 6.08 Å². The van der Waals surface area contributed by atoms with E-state index in [1.807, 2.05) is 0 Å². The van der Waals surface area contributed by atoms with Gasteiger partial charge in [-0.3, -0.25) is 9.59 Å². The number of carbonyl (C=O) groups excluding carboxylic acids is 3. The number of hydrogen-bond acceptors (Lipinski definition) is 8. The Bertz CT molecular complexity index is 1170. The summed E-state index contributed by atoms with van der Waals surface area (Å²) in [5.74, 6) is -1.33. The van der Waals surface area contributed by atoms with Crippen LogP contribution in [0.2, 0.25) is 0 Å². The predicted molar refractivity (Wildman–Crippen MR) is 159 cm³/mol. The standard InChI is InChI=1S/C31H42N2O8/c1-6-8-9-10-11-12-18-40-21-28(35)33(3)24-15-13-14-23(29(24)31(37)41-7-2)32-27(34)17-16-22-19-25(38-4)30(36)26(20-22)39-5/h13-17,19-20,36H,6-12,18,21H2,1-5H3,(H,32,34)/b17-16+. The molecule has 0 unspecified atom stereocenters. The van der Waals surface area contributed by atoms with E-state index in [2.05, 4.69) is 12.2 Å². The predicted octanol–water partition coefficient (Wildman–Crippen LogP) is 5.58. The van der Waals surface area contributed by atoms with Crippen LogP contribution in [-0.4, -0.2) is 64.0 Å². The summed E-state index contributed by atoms with van der Waals surface area (Å²) in [5.41, 5.74) is 1.06. The Labute approximate surface area is 242 Å². The highest BCUT2D eigenvalue weighted by molar-refractivity contribution is 6.11. The zero-order valence-electron chi connectivity index (χ0n) is 24.7. The molecule has 0 bridgehead atoms. The minimum absolute atomic E-state index is 0.0517. The molecule has 0 heterocycles. The zero-order valence-corrected chi connectivity index (χ0v) is 24.7. The van der Waals surface area contributed by atoms with Gasteiger partial charge in [-0.05, 0) is 49.2 Å². The van der Waals surface area contributed by atoms with Gasteiger partial charge < -0.3 is 34.3 Å². The van der Waals surface area contributed by atoms with Crippen LogP contribution in [0, 0.1) is 0 Å². The summed E-state index contributed by atoms with van der Waals surface area (Å²) >= 11 is 0. The summed E-state index contributed by atoms with van der Waals surface area (Å²) < 4.78 is 21.1. The molecule has 0 fully saturated rings. The number of methoxy groups -OCH3 is 2. The molecule has 0 saturated carbocycles. The van der Waals surface area contributed by atoms with Crippen molar-refractivity contribution in [1.29, 1.82) is 0 Å². The maximum absolute atomic E-state index is 12.9. The summed E-state index contributed by atoms with van der Waals surface area (Å²) in [4.78, 5) is 40.0. The van der Waals surface area contributed by atoms with Gasteiger partial charge in [0.15, 0.2) is 11.5 Å². The number of amides is 2. The molecule has 0 spiro atoms. The van der Waals surface area contributed by atoms with E-state index in [9.17, 15) is 19.5 Å². The van der Waals surface area contributed by atoms with Crippen molar-refractivity contribution < 1.29 is 38.4 Å². The summed E-state index contributed by atoms with van der Waals surface area (Å²) in [6, 6.07) is 7.89. The second-order valence-corrected chi connectivity index (χ2v) is 9.29. The van der Waals surface area contributed by atoms with Crippen molar-refractivity contribution in [3.05, 3.63) is 47.5 Å². The van der Waals surface area contributed by atoms with E-state index in [1.165, 1.54) is 50.5 Å². The molecule has 224 valence electrons. The Morgan fingerprint density at radius 3 is 2.27 bits per heavy atom. The molecule has 0 radical (unpaired) electrons. The van der Waals surface area contributed by atoms with Gasteiger partial charge >= 0.3 is 5.97 Å². The maximum atomic E-state index is 12.9. The van der Waals surface area contributed by atoms with Crippen LogP contribution in [0.1, 0.15) is 68.3 Å². The summed E-state index contributed by atoms with van der Waals surface area (Å²) in [7, 11) is 4.36. The largest absolute Gasteiger partial charge is 0.502 e. The number of ether oxygens (including phenoxy) is 4. The molecule has 41 heavy (non-hydrogen) atoms. The lowest BCUT2D eigenvalue weighted by molar-refractivity contribution is -0.122. The van der Waals surface area contributed by atoms with Gasteiger partial charge in [0, 0.05) is 19.7 Å². The molecule has 0 aliphatic heterocycles. The molecule has 2 amide bonds. The molecule has 2 aromatic carbocycles. The lowest BCUT2D eigenvalue weighted by Gasteiger charge is -2.22. The maximum Gasteiger partial charge on any atom is 0.342 e. The monoisotopic (exact) mass is 570 g/mol. The van der Waals surface area contributed by atoms with Gasteiger partial charge in [-0.2, -0.15) is 0 Å². The fourth-order valence-corrected chi connectivity index (χ4v) is 4.07. The van der Waals surface area contributed by atoms with Crippen molar-refractivity contribution in [2.24, 2.45) is 0 Å². The molecule has 0 saturated heterocycles. The third-order valence-electron chi connectivity index (χ3n) is 6.31. The number of carbonyl (C=O) groups is 3. The van der Waals surface area contributed by atoms with Crippen LogP contribution < -0.4 is 19.7 Å². The number of rotatable bonds is 17. The van der Waals surface area contributed by atoms with Crippen molar-refractivity contribution in [3.8, 4) is 17.2 Å². The smallest absolute Gasteiger partial charge is 0.342 e. The van der Waals surface area contributed by atoms with Crippen molar-refractivity contribution in [2.75, 3.05) is 51.3 Å². The van der Waals surface area contributed by atoms with Gasteiger partial charge in [-0.1, -0.05) is 45.1 Å². The third kappa shape index (κ3) is 10.1. The number of nitrogens with zero attached hydrogens (tertiary/aromatic N) is 1. The minimum atomic E-state index is -0.678. The van der Waals surface area contributed by atoms with Gasteiger partial charge in [0.1, 0.15) is 12.2 Å². The molecular formula is C31H42N2O8. The van der Waals surface area contributed by atoms with Crippen molar-refractivity contribution in [3.63, 3.8) is 0 Å². The summed E-state index contributed by atoms with van der Waals surface area (Å²) in [6.07, 6.45) is 9.48. The first-order chi connectivity index (χ1) is 19.8. The van der Waals surface area contributed by atoms with Gasteiger partial charge in [-0.15, -0.1) is 0 Å². The van der Waals surface area contributed by atoms with Crippen molar-refractivity contribution >= 4 is 35.2 Å². The first kappa shape index (κ1) is 33.2. The number of unbranched alkanes of at least 4 members (excludes halogenated alkanes) is 5. The Kier molecular flexibility index (Phi) is 14.2. The average Bonchev–Trinajstić information content (AvgIpc) is 2.97. The molecule has 10 nitrogen and oxygen atoms in total. The lowest BCUT2D eigenvalue weighted by atomic mass is 10.1. The molecule has 0 aromatic heterocycles. The zero-order chi connectivity index (χ0) is 30.2. The van der Waals surface area contributed by atoms with E-state index in [1.54, 1.807) is 44.3 Å². The van der Waals surface area contributed by atoms with E-state index >= 15 is 0 Å². The van der Waals surface area contributed by atoms with Crippen LogP contribution in [0.4, 0.5) is 11.4 Å². The topological polar surface area (TPSA) is 124 Å². The van der Waals surface area contributed by atoms with Crippen molar-refractivity contribution in [2.45, 2.75) is 52.4 Å². The molecular weight excluding hydrogens is 528 g/mol. The molecule has 0 atom stereocenters. The highest BCUT2D eigenvalue weighted by Gasteiger charge is 2.24. The number of phenols is 1. The number of benzene rings is 2. The summed E-state index contributed by atoms with van der Waals surface area (Å²) in [6.45, 7) is 4.32. The number of nitrogens with one attached hydrogen (secondary N) is 1. The number of phenolic OH excluding ortho intramolecular Hbond substituents is 1. The Balaban J connectivity index is 2.16. The van der Waals surface area contributed by atoms with Crippen molar-refractivity contribution in [1.82, 2.24) is 0 Å². The fourth-order valence-electron chi connectivity index (χ4n) is 4.07. The van der Waals surface area contributed by atoms with Crippen LogP contribution >= 0.6 is 0 Å². The highest BCUT2D eigenvalue weighted by Crippen LogP contribution is 2.37. The second-order valence-electron chi connectivity index (χ2n) is 9.29. The number of likely N-dealkylation sites (N-methyl/N-ethyl adjacent to an activating group) is 1. The molecule has 0 aliphatic carbocycles. The third-order valence-corrected chi connectivity index (χ3v) is 6.31. The Morgan fingerprint density at radius 2 is 1.63 bits per heavy atom. The SMILES string of the molecule is CCCCCCCCOCC(=O)N(C)c1cccc(NC(=O)/C=C/c2cc(OC)c(O)c(OC)c2)c1C(=O)OCC. The van der Waals surface area contributed by atoms with Gasteiger partial charge in [0.25, 0.3) is 5.91 Å². The number of hydrogen-bond donors (Lipinski definition) is 2.